The Labute approximate surface area is 161 Å². The molecular formula is C18H19N3O4S2. The molecule has 0 saturated heterocycles. The number of nitrogens with zero attached hydrogens (tertiary/aromatic N) is 2. The Bertz CT molecular complexity index is 1060. The van der Waals surface area contributed by atoms with E-state index in [9.17, 15) is 13.2 Å². The van der Waals surface area contributed by atoms with Crippen molar-refractivity contribution in [2.75, 3.05) is 19.5 Å². The lowest BCUT2D eigenvalue weighted by Gasteiger charge is -2.17. The van der Waals surface area contributed by atoms with Gasteiger partial charge in [0.15, 0.2) is 0 Å². The van der Waals surface area contributed by atoms with Gasteiger partial charge < -0.3 is 10.1 Å². The second-order valence-corrected chi connectivity index (χ2v) is 9.04. The average Bonchev–Trinajstić information content (AvgIpc) is 3.03. The number of anilines is 1. The first-order valence-corrected chi connectivity index (χ1v) is 10.3. The summed E-state index contributed by atoms with van der Waals surface area (Å²) < 4.78 is 33.3. The van der Waals surface area contributed by atoms with Gasteiger partial charge in [0.25, 0.3) is 0 Å². The summed E-state index contributed by atoms with van der Waals surface area (Å²) in [5.41, 5.74) is 1.15. The average molecular weight is 406 g/mol. The minimum atomic E-state index is -3.76. The monoisotopic (exact) mass is 405 g/mol. The molecule has 0 aliphatic heterocycles. The number of rotatable bonds is 6. The number of hydrogen-bond acceptors (Lipinski definition) is 6. The molecule has 0 fully saturated rings. The van der Waals surface area contributed by atoms with Gasteiger partial charge in [-0.3, -0.25) is 4.79 Å². The van der Waals surface area contributed by atoms with Gasteiger partial charge in [-0.1, -0.05) is 12.1 Å². The van der Waals surface area contributed by atoms with Gasteiger partial charge in [0, 0.05) is 14.0 Å². The third-order valence-corrected chi connectivity index (χ3v) is 6.71. The van der Waals surface area contributed by atoms with Gasteiger partial charge >= 0.3 is 0 Å². The van der Waals surface area contributed by atoms with Gasteiger partial charge in [-0.25, -0.2) is 13.4 Å². The predicted octanol–water partition coefficient (Wildman–Crippen LogP) is 3.08. The fraction of sp³-hybridized carbons (Fsp3) is 0.222. The van der Waals surface area contributed by atoms with E-state index in [-0.39, 0.29) is 17.3 Å². The van der Waals surface area contributed by atoms with Crippen molar-refractivity contribution >= 4 is 43.2 Å². The second kappa shape index (κ2) is 7.63. The molecule has 1 amide bonds. The number of amides is 1. The standard InChI is InChI=1S/C18H19N3O4S2/c1-12(22)19-15-10-13(8-9-16(15)25-3)27(23,24)21(2)11-18-20-14-6-4-5-7-17(14)26-18/h4-10H,11H2,1-3H3,(H,19,22). The highest BCUT2D eigenvalue weighted by molar-refractivity contribution is 7.89. The van der Waals surface area contributed by atoms with Crippen LogP contribution in [0.3, 0.4) is 0 Å². The molecule has 3 rings (SSSR count). The smallest absolute Gasteiger partial charge is 0.243 e. The topological polar surface area (TPSA) is 88.6 Å². The summed E-state index contributed by atoms with van der Waals surface area (Å²) in [5, 5.41) is 3.29. The van der Waals surface area contributed by atoms with Crippen molar-refractivity contribution in [3.8, 4) is 5.75 Å². The zero-order valence-electron chi connectivity index (χ0n) is 15.1. The second-order valence-electron chi connectivity index (χ2n) is 5.88. The lowest BCUT2D eigenvalue weighted by Crippen LogP contribution is -2.26. The van der Waals surface area contributed by atoms with E-state index >= 15 is 0 Å². The van der Waals surface area contributed by atoms with Crippen molar-refractivity contribution in [3.05, 3.63) is 47.5 Å². The molecule has 0 atom stereocenters. The van der Waals surface area contributed by atoms with Crippen LogP contribution >= 0.6 is 11.3 Å². The highest BCUT2D eigenvalue weighted by atomic mass is 32.2. The van der Waals surface area contributed by atoms with E-state index in [0.29, 0.717) is 16.4 Å². The van der Waals surface area contributed by atoms with Crippen LogP contribution in [0.1, 0.15) is 11.9 Å². The van der Waals surface area contributed by atoms with Crippen LogP contribution in [0.25, 0.3) is 10.2 Å². The zero-order chi connectivity index (χ0) is 19.6. The number of thiazole rings is 1. The van der Waals surface area contributed by atoms with Crippen LogP contribution in [0, 0.1) is 0 Å². The minimum absolute atomic E-state index is 0.0654. The van der Waals surface area contributed by atoms with Crippen molar-refractivity contribution in [3.63, 3.8) is 0 Å². The van der Waals surface area contributed by atoms with Gasteiger partial charge in [-0.05, 0) is 30.3 Å². The SMILES string of the molecule is COc1ccc(S(=O)(=O)N(C)Cc2nc3ccccc3s2)cc1NC(C)=O. The molecule has 1 heterocycles. The number of para-hydroxylation sites is 1. The maximum Gasteiger partial charge on any atom is 0.243 e. The lowest BCUT2D eigenvalue weighted by molar-refractivity contribution is -0.114. The first-order chi connectivity index (χ1) is 12.8. The van der Waals surface area contributed by atoms with Crippen LogP contribution < -0.4 is 10.1 Å². The van der Waals surface area contributed by atoms with E-state index in [1.54, 1.807) is 0 Å². The Morgan fingerprint density at radius 2 is 2.00 bits per heavy atom. The Kier molecular flexibility index (Phi) is 5.45. The molecule has 1 N–H and O–H groups in total. The maximum absolute atomic E-state index is 12.9. The van der Waals surface area contributed by atoms with E-state index in [2.05, 4.69) is 10.3 Å². The molecule has 2 aromatic carbocycles. The normalized spacial score (nSPS) is 11.7. The summed E-state index contributed by atoms with van der Waals surface area (Å²) in [6, 6.07) is 12.0. The van der Waals surface area contributed by atoms with Crippen molar-refractivity contribution < 1.29 is 17.9 Å². The first kappa shape index (κ1) is 19.3. The molecule has 0 radical (unpaired) electrons. The molecule has 0 bridgehead atoms. The van der Waals surface area contributed by atoms with Crippen LogP contribution in [0.5, 0.6) is 5.75 Å². The number of sulfonamides is 1. The third kappa shape index (κ3) is 4.10. The van der Waals surface area contributed by atoms with E-state index in [0.717, 1.165) is 10.2 Å². The van der Waals surface area contributed by atoms with Crippen molar-refractivity contribution in [2.24, 2.45) is 0 Å². The Morgan fingerprint density at radius 3 is 2.67 bits per heavy atom. The molecule has 9 heteroatoms. The number of nitrogens with one attached hydrogen (secondary N) is 1. The maximum atomic E-state index is 12.9. The number of methoxy groups -OCH3 is 1. The molecule has 1 aromatic heterocycles. The van der Waals surface area contributed by atoms with Gasteiger partial charge in [-0.15, -0.1) is 11.3 Å². The van der Waals surface area contributed by atoms with E-state index in [1.807, 2.05) is 24.3 Å². The van der Waals surface area contributed by atoms with Crippen LogP contribution in [-0.4, -0.2) is 37.8 Å². The Hall–Kier alpha value is -2.49. The van der Waals surface area contributed by atoms with E-state index < -0.39 is 10.0 Å². The van der Waals surface area contributed by atoms with Crippen LogP contribution in [0.4, 0.5) is 5.69 Å². The molecule has 0 aliphatic rings. The number of ether oxygens (including phenoxy) is 1. The minimum Gasteiger partial charge on any atom is -0.495 e. The third-order valence-electron chi connectivity index (χ3n) is 3.89. The number of benzene rings is 2. The summed E-state index contributed by atoms with van der Waals surface area (Å²) >= 11 is 1.46. The molecule has 0 spiro atoms. The molecule has 27 heavy (non-hydrogen) atoms. The fourth-order valence-electron chi connectivity index (χ4n) is 2.58. The summed E-state index contributed by atoms with van der Waals surface area (Å²) in [6.07, 6.45) is 0. The highest BCUT2D eigenvalue weighted by Gasteiger charge is 2.23. The summed E-state index contributed by atoms with van der Waals surface area (Å²) in [7, 11) is -0.809. The zero-order valence-corrected chi connectivity index (χ0v) is 16.7. The van der Waals surface area contributed by atoms with Gasteiger partial charge in [0.2, 0.25) is 15.9 Å². The quantitative estimate of drug-likeness (QED) is 0.681. The highest BCUT2D eigenvalue weighted by Crippen LogP contribution is 2.30. The van der Waals surface area contributed by atoms with Crippen molar-refractivity contribution in [2.45, 2.75) is 18.4 Å². The Balaban J connectivity index is 1.89. The fourth-order valence-corrected chi connectivity index (χ4v) is 4.84. The van der Waals surface area contributed by atoms with E-state index in [4.69, 9.17) is 4.74 Å². The lowest BCUT2D eigenvalue weighted by atomic mass is 10.3. The molecule has 142 valence electrons. The number of carbonyl (C=O) groups excluding carboxylic acids is 1. The van der Waals surface area contributed by atoms with Crippen molar-refractivity contribution in [1.29, 1.82) is 0 Å². The molecule has 7 nitrogen and oxygen atoms in total. The van der Waals surface area contributed by atoms with Crippen LogP contribution in [0.2, 0.25) is 0 Å². The molecule has 0 unspecified atom stereocenters. The number of hydrogen-bond donors (Lipinski definition) is 1. The van der Waals surface area contributed by atoms with Gasteiger partial charge in [0.05, 0.1) is 34.5 Å². The Morgan fingerprint density at radius 1 is 1.26 bits per heavy atom. The van der Waals surface area contributed by atoms with Crippen molar-refractivity contribution in [1.82, 2.24) is 9.29 Å². The molecule has 3 aromatic rings. The molecule has 0 aliphatic carbocycles. The molecule has 0 saturated carbocycles. The van der Waals surface area contributed by atoms with Crippen LogP contribution in [0.15, 0.2) is 47.4 Å². The molecular weight excluding hydrogens is 386 g/mol. The largest absolute Gasteiger partial charge is 0.495 e. The summed E-state index contributed by atoms with van der Waals surface area (Å²) in [5.74, 6) is 0.0728. The number of fused-ring (bicyclic) bond motifs is 1. The van der Waals surface area contributed by atoms with Crippen LogP contribution in [-0.2, 0) is 21.4 Å². The first-order valence-electron chi connectivity index (χ1n) is 8.07. The number of carbonyl (C=O) groups is 1. The summed E-state index contributed by atoms with van der Waals surface area (Å²) in [6.45, 7) is 1.50. The van der Waals surface area contributed by atoms with Gasteiger partial charge in [0.1, 0.15) is 10.8 Å². The number of aromatic nitrogens is 1. The summed E-state index contributed by atoms with van der Waals surface area (Å²) in [4.78, 5) is 15.9. The predicted molar refractivity (Wildman–Crippen MR) is 106 cm³/mol. The van der Waals surface area contributed by atoms with E-state index in [1.165, 1.54) is 54.9 Å². The van der Waals surface area contributed by atoms with Gasteiger partial charge in [-0.2, -0.15) is 4.31 Å².